The maximum absolute atomic E-state index is 10.6. The Bertz CT molecular complexity index is 576. The second-order valence-corrected chi connectivity index (χ2v) is 3.80. The van der Waals surface area contributed by atoms with Gasteiger partial charge in [0.05, 0.1) is 16.5 Å². The van der Waals surface area contributed by atoms with Crippen LogP contribution in [0, 0.1) is 10.1 Å². The number of nitro benzene ring substituents is 1. The second-order valence-electron chi connectivity index (χ2n) is 3.80. The minimum atomic E-state index is -0.552. The number of non-ortho nitro benzene ring substituents is 1. The molecule has 1 aromatic carbocycles. The smallest absolute Gasteiger partial charge is 0.271 e. The van der Waals surface area contributed by atoms with E-state index in [1.54, 1.807) is 12.3 Å². The van der Waals surface area contributed by atoms with Crippen molar-refractivity contribution in [2.45, 2.75) is 12.5 Å². The van der Waals surface area contributed by atoms with Crippen LogP contribution in [0.4, 0.5) is 5.69 Å². The van der Waals surface area contributed by atoms with Gasteiger partial charge in [-0.3, -0.25) is 10.1 Å². The summed E-state index contributed by atoms with van der Waals surface area (Å²) in [5.41, 5.74) is 7.13. The third-order valence-corrected chi connectivity index (χ3v) is 2.59. The zero-order valence-corrected chi connectivity index (χ0v) is 8.92. The van der Waals surface area contributed by atoms with Crippen molar-refractivity contribution >= 4 is 22.9 Å². The van der Waals surface area contributed by atoms with Crippen LogP contribution in [0.3, 0.4) is 0 Å². The van der Waals surface area contributed by atoms with E-state index in [0.717, 1.165) is 10.9 Å². The Hall–Kier alpha value is -2.21. The quantitative estimate of drug-likeness (QED) is 0.469. The number of nitrogens with one attached hydrogen (secondary N) is 1. The van der Waals surface area contributed by atoms with Gasteiger partial charge in [0.15, 0.2) is 0 Å². The van der Waals surface area contributed by atoms with Gasteiger partial charge in [-0.15, -0.1) is 0 Å². The van der Waals surface area contributed by atoms with Gasteiger partial charge in [0, 0.05) is 23.7 Å². The summed E-state index contributed by atoms with van der Waals surface area (Å²) in [6, 6.07) is 4.01. The van der Waals surface area contributed by atoms with Crippen molar-refractivity contribution in [3.8, 4) is 0 Å². The van der Waals surface area contributed by atoms with Crippen LogP contribution >= 0.6 is 0 Å². The molecule has 0 amide bonds. The van der Waals surface area contributed by atoms with E-state index in [0.29, 0.717) is 18.2 Å². The van der Waals surface area contributed by atoms with Gasteiger partial charge in [-0.1, -0.05) is 0 Å². The molecule has 17 heavy (non-hydrogen) atoms. The van der Waals surface area contributed by atoms with Crippen molar-refractivity contribution < 1.29 is 9.72 Å². The third kappa shape index (κ3) is 2.16. The first-order valence-electron chi connectivity index (χ1n) is 5.07. The predicted octanol–water partition coefficient (Wildman–Crippen LogP) is 1.14. The molecule has 2 aromatic rings. The Labute approximate surface area is 96.6 Å². The van der Waals surface area contributed by atoms with Gasteiger partial charge in [0.25, 0.3) is 5.69 Å². The van der Waals surface area contributed by atoms with Crippen molar-refractivity contribution in [2.24, 2.45) is 5.73 Å². The third-order valence-electron chi connectivity index (χ3n) is 2.59. The number of hydrogen-bond donors (Lipinski definition) is 2. The molecule has 1 heterocycles. The van der Waals surface area contributed by atoms with Crippen molar-refractivity contribution in [3.63, 3.8) is 0 Å². The van der Waals surface area contributed by atoms with Crippen molar-refractivity contribution in [1.82, 2.24) is 4.98 Å². The number of hydrogen-bond acceptors (Lipinski definition) is 4. The highest BCUT2D eigenvalue weighted by atomic mass is 16.6. The zero-order valence-electron chi connectivity index (χ0n) is 8.92. The molecule has 1 atom stereocenters. The Morgan fingerprint density at radius 1 is 1.53 bits per heavy atom. The summed E-state index contributed by atoms with van der Waals surface area (Å²) >= 11 is 0. The maximum Gasteiger partial charge on any atom is 0.271 e. The molecule has 0 radical (unpaired) electrons. The fraction of sp³-hybridized carbons (Fsp3) is 0.182. The molecule has 6 heteroatoms. The number of fused-ring (bicyclic) bond motifs is 1. The van der Waals surface area contributed by atoms with Crippen LogP contribution in [0.1, 0.15) is 5.56 Å². The standard InChI is InChI=1S/C11H11N3O3/c12-8(6-15)3-7-5-13-11-4-9(14(16)17)1-2-10(7)11/h1-2,4-6,8,13H,3,12H2/t8-/m0/s1. The first kappa shape index (κ1) is 11.3. The Morgan fingerprint density at radius 3 is 2.94 bits per heavy atom. The van der Waals surface area contributed by atoms with Gasteiger partial charge in [-0.05, 0) is 18.1 Å². The van der Waals surface area contributed by atoms with Crippen LogP contribution in [-0.2, 0) is 11.2 Å². The van der Waals surface area contributed by atoms with Gasteiger partial charge in [0.2, 0.25) is 0 Å². The van der Waals surface area contributed by atoms with Gasteiger partial charge in [-0.25, -0.2) is 0 Å². The van der Waals surface area contributed by atoms with E-state index in [1.165, 1.54) is 12.1 Å². The molecule has 0 aliphatic heterocycles. The number of aromatic nitrogens is 1. The molecular weight excluding hydrogens is 222 g/mol. The van der Waals surface area contributed by atoms with Crippen LogP contribution < -0.4 is 5.73 Å². The zero-order chi connectivity index (χ0) is 12.4. The molecule has 2 rings (SSSR count). The van der Waals surface area contributed by atoms with Crippen molar-refractivity contribution in [2.75, 3.05) is 0 Å². The Balaban J connectivity index is 2.41. The van der Waals surface area contributed by atoms with E-state index in [9.17, 15) is 14.9 Å². The minimum absolute atomic E-state index is 0.0329. The topological polar surface area (TPSA) is 102 Å². The highest BCUT2D eigenvalue weighted by molar-refractivity contribution is 5.85. The molecule has 0 unspecified atom stereocenters. The molecule has 0 spiro atoms. The summed E-state index contributed by atoms with van der Waals surface area (Å²) in [6.07, 6.45) is 2.82. The summed E-state index contributed by atoms with van der Waals surface area (Å²) in [5.74, 6) is 0. The molecule has 88 valence electrons. The lowest BCUT2D eigenvalue weighted by Crippen LogP contribution is -2.23. The molecule has 1 aromatic heterocycles. The van der Waals surface area contributed by atoms with Crippen LogP contribution in [0.5, 0.6) is 0 Å². The molecule has 0 fully saturated rings. The number of nitrogens with two attached hydrogens (primary N) is 1. The maximum atomic E-state index is 10.6. The lowest BCUT2D eigenvalue weighted by Gasteiger charge is -2.01. The van der Waals surface area contributed by atoms with Crippen molar-refractivity contribution in [1.29, 1.82) is 0 Å². The summed E-state index contributed by atoms with van der Waals surface area (Å²) in [6.45, 7) is 0. The summed E-state index contributed by atoms with van der Waals surface area (Å²) in [5, 5.41) is 11.5. The molecule has 0 saturated heterocycles. The van der Waals surface area contributed by atoms with E-state index in [-0.39, 0.29) is 5.69 Å². The van der Waals surface area contributed by atoms with Gasteiger partial charge in [-0.2, -0.15) is 0 Å². The fourth-order valence-corrected chi connectivity index (χ4v) is 1.76. The molecule has 3 N–H and O–H groups in total. The number of aromatic amines is 1. The average Bonchev–Trinajstić information content (AvgIpc) is 2.71. The highest BCUT2D eigenvalue weighted by Gasteiger charge is 2.11. The van der Waals surface area contributed by atoms with E-state index in [1.807, 2.05) is 0 Å². The number of nitro groups is 1. The molecular formula is C11H11N3O3. The molecule has 0 aliphatic rings. The summed E-state index contributed by atoms with van der Waals surface area (Å²) in [4.78, 5) is 23.6. The van der Waals surface area contributed by atoms with Crippen LogP contribution in [0.15, 0.2) is 24.4 Å². The van der Waals surface area contributed by atoms with E-state index in [4.69, 9.17) is 5.73 Å². The predicted molar refractivity (Wildman–Crippen MR) is 62.7 cm³/mol. The van der Waals surface area contributed by atoms with Crippen LogP contribution in [-0.4, -0.2) is 22.2 Å². The lowest BCUT2D eigenvalue weighted by molar-refractivity contribution is -0.384. The van der Waals surface area contributed by atoms with Gasteiger partial charge >= 0.3 is 0 Å². The fourth-order valence-electron chi connectivity index (χ4n) is 1.76. The first-order chi connectivity index (χ1) is 8.11. The Morgan fingerprint density at radius 2 is 2.29 bits per heavy atom. The molecule has 6 nitrogen and oxygen atoms in total. The number of carbonyl (C=O) groups excluding carboxylic acids is 1. The average molecular weight is 233 g/mol. The number of rotatable bonds is 4. The van der Waals surface area contributed by atoms with E-state index in [2.05, 4.69) is 4.98 Å². The lowest BCUT2D eigenvalue weighted by atomic mass is 10.1. The van der Waals surface area contributed by atoms with Crippen LogP contribution in [0.25, 0.3) is 10.9 Å². The van der Waals surface area contributed by atoms with Crippen molar-refractivity contribution in [3.05, 3.63) is 40.1 Å². The number of benzene rings is 1. The summed E-state index contributed by atoms with van der Waals surface area (Å²) in [7, 11) is 0. The van der Waals surface area contributed by atoms with Gasteiger partial charge < -0.3 is 15.5 Å². The first-order valence-corrected chi connectivity index (χ1v) is 5.07. The largest absolute Gasteiger partial charge is 0.361 e. The number of carbonyl (C=O) groups is 1. The minimum Gasteiger partial charge on any atom is -0.361 e. The monoisotopic (exact) mass is 233 g/mol. The normalized spacial score (nSPS) is 12.5. The molecule has 0 aliphatic carbocycles. The molecule has 0 saturated carbocycles. The van der Waals surface area contributed by atoms with E-state index >= 15 is 0 Å². The molecule has 0 bridgehead atoms. The van der Waals surface area contributed by atoms with Crippen LogP contribution in [0.2, 0.25) is 0 Å². The van der Waals surface area contributed by atoms with E-state index < -0.39 is 11.0 Å². The number of H-pyrrole nitrogens is 1. The second kappa shape index (κ2) is 4.34. The van der Waals surface area contributed by atoms with Gasteiger partial charge in [0.1, 0.15) is 6.29 Å². The highest BCUT2D eigenvalue weighted by Crippen LogP contribution is 2.23. The number of nitrogens with zero attached hydrogens (tertiary/aromatic N) is 1. The SMILES string of the molecule is N[C@H](C=O)Cc1c[nH]c2cc([N+](=O)[O-])ccc12. The Kier molecular flexibility index (Phi) is 2.88. The summed E-state index contributed by atoms with van der Waals surface area (Å²) < 4.78 is 0. The number of aldehydes is 1.